The summed E-state index contributed by atoms with van der Waals surface area (Å²) in [6.45, 7) is 0. The summed E-state index contributed by atoms with van der Waals surface area (Å²) in [5.41, 5.74) is 10.8. The van der Waals surface area contributed by atoms with Gasteiger partial charge in [-0.1, -0.05) is 5.16 Å². The van der Waals surface area contributed by atoms with E-state index < -0.39 is 0 Å². The monoisotopic (exact) mass is 213 g/mol. The van der Waals surface area contributed by atoms with Gasteiger partial charge in [-0.05, 0) is 0 Å². The van der Waals surface area contributed by atoms with Gasteiger partial charge in [-0.25, -0.2) is 4.98 Å². The molecule has 8 heteroatoms. The van der Waals surface area contributed by atoms with Crippen LogP contribution in [0.25, 0.3) is 0 Å². The Bertz CT molecular complexity index is 260. The highest BCUT2D eigenvalue weighted by Gasteiger charge is 2.04. The summed E-state index contributed by atoms with van der Waals surface area (Å²) in [7, 11) is 0. The first-order valence-electron chi connectivity index (χ1n) is 2.52. The summed E-state index contributed by atoms with van der Waals surface area (Å²) in [5.74, 6) is 0.144. The average molecular weight is 214 g/mol. The van der Waals surface area contributed by atoms with E-state index in [4.69, 9.17) is 16.7 Å². The minimum atomic E-state index is -0.0741. The van der Waals surface area contributed by atoms with Gasteiger partial charge in [-0.2, -0.15) is 0 Å². The number of nitrogens with zero attached hydrogens (tertiary/aromatic N) is 2. The quantitative estimate of drug-likeness (QED) is 0.227. The smallest absolute Gasteiger partial charge is 0.190 e. The number of nitrogens with one attached hydrogen (secondary N) is 1. The lowest BCUT2D eigenvalue weighted by molar-refractivity contribution is 0.318. The number of aromatic nitrogens is 2. The summed E-state index contributed by atoms with van der Waals surface area (Å²) in [6.07, 6.45) is 1.36. The normalized spacial score (nSPS) is 9.83. The molecule has 1 rings (SSSR count). The van der Waals surface area contributed by atoms with E-state index >= 15 is 0 Å². The van der Waals surface area contributed by atoms with Crippen molar-refractivity contribution in [2.45, 2.75) is 0 Å². The van der Waals surface area contributed by atoms with Crippen molar-refractivity contribution in [2.24, 2.45) is 10.9 Å². The fraction of sp³-hybridized carbons (Fsp3) is 0. The van der Waals surface area contributed by atoms with Crippen molar-refractivity contribution < 1.29 is 5.21 Å². The lowest BCUT2D eigenvalue weighted by Gasteiger charge is -1.92. The van der Waals surface area contributed by atoms with E-state index in [9.17, 15) is 0 Å². The molecule has 0 amide bonds. The predicted molar refractivity (Wildman–Crippen MR) is 50.0 cm³/mol. The zero-order valence-corrected chi connectivity index (χ0v) is 7.52. The van der Waals surface area contributed by atoms with Crippen LogP contribution in [0.4, 0.5) is 5.82 Å². The minimum absolute atomic E-state index is 0. The van der Waals surface area contributed by atoms with Crippen LogP contribution in [-0.4, -0.2) is 21.0 Å². The number of halogens is 2. The van der Waals surface area contributed by atoms with E-state index in [0.717, 1.165) is 0 Å². The van der Waals surface area contributed by atoms with Crippen molar-refractivity contribution >= 4 is 36.5 Å². The number of oxime groups is 1. The Morgan fingerprint density at radius 1 is 1.58 bits per heavy atom. The molecular formula is C4H9Cl2N5O. The molecule has 0 atom stereocenters. The summed E-state index contributed by atoms with van der Waals surface area (Å²) in [6, 6.07) is 0. The average Bonchev–Trinajstić information content (AvgIpc) is 2.34. The number of amidine groups is 1. The summed E-state index contributed by atoms with van der Waals surface area (Å²) >= 11 is 0. The van der Waals surface area contributed by atoms with Crippen molar-refractivity contribution in [3.8, 4) is 0 Å². The van der Waals surface area contributed by atoms with Gasteiger partial charge in [-0.15, -0.1) is 24.8 Å². The Kier molecular flexibility index (Phi) is 6.17. The largest absolute Gasteiger partial charge is 0.409 e. The maximum Gasteiger partial charge on any atom is 0.190 e. The Morgan fingerprint density at radius 2 is 2.17 bits per heavy atom. The number of rotatable bonds is 1. The Hall–Kier alpha value is -1.14. The van der Waals surface area contributed by atoms with E-state index in [1.165, 1.54) is 6.33 Å². The molecule has 6 N–H and O–H groups in total. The zero-order valence-electron chi connectivity index (χ0n) is 5.89. The Balaban J connectivity index is 0. The van der Waals surface area contributed by atoms with Crippen molar-refractivity contribution in [3.63, 3.8) is 0 Å². The van der Waals surface area contributed by atoms with Crippen LogP contribution >= 0.6 is 24.8 Å². The highest BCUT2D eigenvalue weighted by Crippen LogP contribution is 2.01. The molecule has 1 aromatic rings. The number of anilines is 1. The molecule has 0 aliphatic heterocycles. The summed E-state index contributed by atoms with van der Waals surface area (Å²) < 4.78 is 0. The number of hydrogen-bond acceptors (Lipinski definition) is 4. The molecule has 0 aromatic carbocycles. The SMILES string of the molecule is Cl.Cl.NC(=NO)c1[nH]cnc1N. The third-order valence-electron chi connectivity index (χ3n) is 1.03. The second-order valence-electron chi connectivity index (χ2n) is 1.65. The van der Waals surface area contributed by atoms with E-state index in [0.29, 0.717) is 5.69 Å². The van der Waals surface area contributed by atoms with Crippen LogP contribution in [0, 0.1) is 0 Å². The molecule has 1 aromatic heterocycles. The number of H-pyrrole nitrogens is 1. The van der Waals surface area contributed by atoms with E-state index in [1.54, 1.807) is 0 Å². The van der Waals surface area contributed by atoms with Crippen molar-refractivity contribution in [1.29, 1.82) is 0 Å². The van der Waals surface area contributed by atoms with Gasteiger partial charge >= 0.3 is 0 Å². The molecule has 12 heavy (non-hydrogen) atoms. The van der Waals surface area contributed by atoms with E-state index in [1.807, 2.05) is 0 Å². The van der Waals surface area contributed by atoms with E-state index in [2.05, 4.69) is 15.1 Å². The molecule has 0 radical (unpaired) electrons. The van der Waals surface area contributed by atoms with Gasteiger partial charge < -0.3 is 21.7 Å². The fourth-order valence-corrected chi connectivity index (χ4v) is 0.560. The van der Waals surface area contributed by atoms with Crippen LogP contribution in [0.15, 0.2) is 11.5 Å². The first-order chi connectivity index (χ1) is 4.75. The van der Waals surface area contributed by atoms with Crippen molar-refractivity contribution in [2.75, 3.05) is 5.73 Å². The predicted octanol–water partition coefficient (Wildman–Crippen LogP) is -0.0700. The van der Waals surface area contributed by atoms with Gasteiger partial charge in [0, 0.05) is 0 Å². The molecule has 0 saturated carbocycles. The van der Waals surface area contributed by atoms with Crippen molar-refractivity contribution in [3.05, 3.63) is 12.0 Å². The standard InChI is InChI=1S/C4H7N5O.2ClH/c5-3-2(4(6)9-10)7-1-8-3;;/h1,10H,5H2,(H2,6,9)(H,7,8);2*1H. The molecule has 70 valence electrons. The number of imidazole rings is 1. The van der Waals surface area contributed by atoms with Crippen molar-refractivity contribution in [1.82, 2.24) is 9.97 Å². The van der Waals surface area contributed by atoms with Crippen LogP contribution < -0.4 is 11.5 Å². The molecule has 0 bridgehead atoms. The molecule has 0 fully saturated rings. The molecule has 0 spiro atoms. The molecule has 0 aliphatic carbocycles. The third-order valence-corrected chi connectivity index (χ3v) is 1.03. The molecular weight excluding hydrogens is 205 g/mol. The summed E-state index contributed by atoms with van der Waals surface area (Å²) in [4.78, 5) is 6.24. The highest BCUT2D eigenvalue weighted by atomic mass is 35.5. The van der Waals surface area contributed by atoms with Gasteiger partial charge in [0.1, 0.15) is 5.69 Å². The number of nitrogens with two attached hydrogens (primary N) is 2. The molecule has 0 unspecified atom stereocenters. The van der Waals surface area contributed by atoms with Gasteiger partial charge in [0.25, 0.3) is 0 Å². The molecule has 0 aliphatic rings. The highest BCUT2D eigenvalue weighted by molar-refractivity contribution is 5.98. The van der Waals surface area contributed by atoms with Gasteiger partial charge in [0.15, 0.2) is 11.7 Å². The fourth-order valence-electron chi connectivity index (χ4n) is 0.560. The number of aromatic amines is 1. The first-order valence-corrected chi connectivity index (χ1v) is 2.52. The zero-order chi connectivity index (χ0) is 7.56. The topological polar surface area (TPSA) is 113 Å². The second kappa shape index (κ2) is 5.50. The van der Waals surface area contributed by atoms with Gasteiger partial charge in [-0.3, -0.25) is 0 Å². The molecule has 0 saturated heterocycles. The van der Waals surface area contributed by atoms with Crippen LogP contribution in [0.5, 0.6) is 0 Å². The third kappa shape index (κ3) is 2.48. The van der Waals surface area contributed by atoms with Crippen LogP contribution in [0.3, 0.4) is 0 Å². The lowest BCUT2D eigenvalue weighted by Crippen LogP contribution is -2.15. The lowest BCUT2D eigenvalue weighted by atomic mass is 10.4. The number of nitrogen functional groups attached to an aromatic ring is 1. The van der Waals surface area contributed by atoms with Gasteiger partial charge in [0.05, 0.1) is 6.33 Å². The van der Waals surface area contributed by atoms with Crippen LogP contribution in [0.2, 0.25) is 0 Å². The Morgan fingerprint density at radius 3 is 2.50 bits per heavy atom. The minimum Gasteiger partial charge on any atom is -0.409 e. The van der Waals surface area contributed by atoms with Gasteiger partial charge in [0.2, 0.25) is 0 Å². The maximum absolute atomic E-state index is 8.19. The Labute approximate surface area is 80.9 Å². The van der Waals surface area contributed by atoms with Crippen LogP contribution in [0.1, 0.15) is 5.69 Å². The number of hydrogen-bond donors (Lipinski definition) is 4. The maximum atomic E-state index is 8.19. The molecule has 6 nitrogen and oxygen atoms in total. The first kappa shape index (κ1) is 13.4. The summed E-state index contributed by atoms with van der Waals surface area (Å²) in [5, 5.41) is 10.9. The van der Waals surface area contributed by atoms with Crippen LogP contribution in [-0.2, 0) is 0 Å². The second-order valence-corrected chi connectivity index (χ2v) is 1.65. The molecule has 1 heterocycles. The van der Waals surface area contributed by atoms with E-state index in [-0.39, 0.29) is 36.5 Å².